The highest BCUT2D eigenvalue weighted by Gasteiger charge is 1.97. The Morgan fingerprint density at radius 1 is 1.05 bits per heavy atom. The van der Waals surface area contributed by atoms with E-state index in [0.717, 1.165) is 24.0 Å². The number of hydrogen-bond acceptors (Lipinski definition) is 0. The van der Waals surface area contributed by atoms with Crippen molar-refractivity contribution in [3.05, 3.63) is 83.5 Å². The van der Waals surface area contributed by atoms with Crippen LogP contribution in [0.2, 0.25) is 0 Å². The maximum atomic E-state index is 4.13. The van der Waals surface area contributed by atoms with Crippen molar-refractivity contribution < 1.29 is 0 Å². The van der Waals surface area contributed by atoms with Crippen LogP contribution >= 0.6 is 0 Å². The van der Waals surface area contributed by atoms with E-state index in [1.807, 2.05) is 13.8 Å². The van der Waals surface area contributed by atoms with E-state index in [1.54, 1.807) is 0 Å². The third-order valence-corrected chi connectivity index (χ3v) is 3.30. The van der Waals surface area contributed by atoms with Crippen molar-refractivity contribution in [3.63, 3.8) is 0 Å². The molecule has 0 amide bonds. The van der Waals surface area contributed by atoms with E-state index in [4.69, 9.17) is 0 Å². The predicted molar refractivity (Wildman–Crippen MR) is 91.0 cm³/mol. The topological polar surface area (TPSA) is 0 Å². The van der Waals surface area contributed by atoms with E-state index in [-0.39, 0.29) is 0 Å². The molecule has 1 aromatic carbocycles. The van der Waals surface area contributed by atoms with Crippen LogP contribution in [0.3, 0.4) is 0 Å². The van der Waals surface area contributed by atoms with Crippen LogP contribution in [-0.2, 0) is 12.8 Å². The molecule has 0 N–H and O–H groups in total. The number of aryl methyl sites for hydroxylation is 1. The molecule has 0 aliphatic heterocycles. The molecule has 0 atom stereocenters. The molecule has 0 heteroatoms. The van der Waals surface area contributed by atoms with Gasteiger partial charge in [-0.2, -0.15) is 0 Å². The molecule has 106 valence electrons. The first-order valence-electron chi connectivity index (χ1n) is 7.32. The Bertz CT molecular complexity index is 509. The molecule has 0 aliphatic carbocycles. The van der Waals surface area contributed by atoms with Gasteiger partial charge in [-0.15, -0.1) is 0 Å². The van der Waals surface area contributed by atoms with Gasteiger partial charge in [0.1, 0.15) is 0 Å². The summed E-state index contributed by atoms with van der Waals surface area (Å²) in [7, 11) is 0. The van der Waals surface area contributed by atoms with Gasteiger partial charge in [-0.3, -0.25) is 0 Å². The average Bonchev–Trinajstić information content (AvgIpc) is 2.41. The second kappa shape index (κ2) is 8.37. The van der Waals surface area contributed by atoms with Crippen molar-refractivity contribution >= 4 is 0 Å². The zero-order chi connectivity index (χ0) is 15.0. The summed E-state index contributed by atoms with van der Waals surface area (Å²) in [6.45, 7) is 14.4. The lowest BCUT2D eigenvalue weighted by molar-refractivity contribution is 0.920. The fourth-order valence-corrected chi connectivity index (χ4v) is 2.13. The summed E-state index contributed by atoms with van der Waals surface area (Å²) in [6.07, 6.45) is 9.51. The molecule has 0 fully saturated rings. The van der Waals surface area contributed by atoms with E-state index < -0.39 is 0 Å². The number of hydrogen-bond donors (Lipinski definition) is 0. The zero-order valence-electron chi connectivity index (χ0n) is 13.1. The van der Waals surface area contributed by atoms with Crippen molar-refractivity contribution in [1.29, 1.82) is 0 Å². The molecule has 0 nitrogen and oxygen atoms in total. The third kappa shape index (κ3) is 5.44. The van der Waals surface area contributed by atoms with Gasteiger partial charge in [0.05, 0.1) is 0 Å². The largest absolute Gasteiger partial charge is 0.0955 e. The molecule has 0 unspecified atom stereocenters. The summed E-state index contributed by atoms with van der Waals surface area (Å²) >= 11 is 0. The monoisotopic (exact) mass is 266 g/mol. The fraction of sp³-hybridized carbons (Fsp3) is 0.300. The van der Waals surface area contributed by atoms with Gasteiger partial charge in [-0.1, -0.05) is 80.1 Å². The van der Waals surface area contributed by atoms with Crippen LogP contribution in [0.15, 0.2) is 72.4 Å². The highest BCUT2D eigenvalue weighted by molar-refractivity contribution is 5.39. The van der Waals surface area contributed by atoms with Crippen molar-refractivity contribution in [2.45, 2.75) is 40.0 Å². The molecule has 0 saturated carbocycles. The first-order chi connectivity index (χ1) is 9.56. The highest BCUT2D eigenvalue weighted by atomic mass is 14.0. The van der Waals surface area contributed by atoms with Crippen molar-refractivity contribution in [2.75, 3.05) is 0 Å². The smallest absolute Gasteiger partial charge is 0.00316 e. The molecular weight excluding hydrogens is 240 g/mol. The van der Waals surface area contributed by atoms with Gasteiger partial charge in [0, 0.05) is 0 Å². The van der Waals surface area contributed by atoms with Crippen molar-refractivity contribution in [1.82, 2.24) is 0 Å². The van der Waals surface area contributed by atoms with Crippen LogP contribution in [0.1, 0.15) is 38.3 Å². The molecular formula is C20H26. The van der Waals surface area contributed by atoms with Gasteiger partial charge in [-0.25, -0.2) is 0 Å². The lowest BCUT2D eigenvalue weighted by atomic mass is 10.0. The minimum absolute atomic E-state index is 0.899. The summed E-state index contributed by atoms with van der Waals surface area (Å²) in [4.78, 5) is 0. The second-order valence-corrected chi connectivity index (χ2v) is 5.26. The number of benzene rings is 1. The summed E-state index contributed by atoms with van der Waals surface area (Å²) in [5.41, 5.74) is 6.10. The van der Waals surface area contributed by atoms with Gasteiger partial charge >= 0.3 is 0 Å². The van der Waals surface area contributed by atoms with Gasteiger partial charge in [0.15, 0.2) is 0 Å². The maximum Gasteiger partial charge on any atom is -0.00316 e. The van der Waals surface area contributed by atoms with Crippen LogP contribution in [0.4, 0.5) is 0 Å². The van der Waals surface area contributed by atoms with E-state index in [0.29, 0.717) is 0 Å². The van der Waals surface area contributed by atoms with Gasteiger partial charge in [0.2, 0.25) is 0 Å². The minimum Gasteiger partial charge on any atom is -0.0955 e. The maximum absolute atomic E-state index is 4.13. The molecule has 20 heavy (non-hydrogen) atoms. The molecule has 0 bridgehead atoms. The van der Waals surface area contributed by atoms with Crippen molar-refractivity contribution in [3.8, 4) is 0 Å². The molecule has 0 aromatic heterocycles. The SMILES string of the molecule is C=C(/C=C\C(=C/C)C(=C)C)Cc1ccc(CCC)cc1. The summed E-state index contributed by atoms with van der Waals surface area (Å²) < 4.78 is 0. The standard InChI is InChI=1S/C20H26/c1-6-8-18-10-12-19(13-11-18)15-17(5)9-14-20(7-2)16(3)4/h7,9-14H,3,5-6,8,15H2,1-2,4H3/b14-9-,20-7+. The Morgan fingerprint density at radius 3 is 2.15 bits per heavy atom. The van der Waals surface area contributed by atoms with Gasteiger partial charge in [0.25, 0.3) is 0 Å². The normalized spacial score (nSPS) is 11.8. The summed E-state index contributed by atoms with van der Waals surface area (Å²) in [6, 6.07) is 8.86. The summed E-state index contributed by atoms with van der Waals surface area (Å²) in [5.74, 6) is 0. The Morgan fingerprint density at radius 2 is 1.65 bits per heavy atom. The quantitative estimate of drug-likeness (QED) is 0.546. The van der Waals surface area contributed by atoms with E-state index in [9.17, 15) is 0 Å². The van der Waals surface area contributed by atoms with Gasteiger partial charge in [-0.05, 0) is 43.4 Å². The van der Waals surface area contributed by atoms with Crippen LogP contribution in [-0.4, -0.2) is 0 Å². The minimum atomic E-state index is 0.899. The predicted octanol–water partition coefficient (Wildman–Crippen LogP) is 5.82. The lowest BCUT2D eigenvalue weighted by Crippen LogP contribution is -1.89. The fourth-order valence-electron chi connectivity index (χ4n) is 2.13. The van der Waals surface area contributed by atoms with E-state index in [2.05, 4.69) is 62.6 Å². The molecule has 1 aromatic rings. The van der Waals surface area contributed by atoms with Crippen molar-refractivity contribution in [2.24, 2.45) is 0 Å². The third-order valence-electron chi connectivity index (χ3n) is 3.30. The Labute approximate surface area is 124 Å². The van der Waals surface area contributed by atoms with E-state index >= 15 is 0 Å². The molecule has 1 rings (SSSR count). The van der Waals surface area contributed by atoms with Crippen LogP contribution in [0.5, 0.6) is 0 Å². The molecule has 0 heterocycles. The molecule has 0 radical (unpaired) electrons. The Balaban J connectivity index is 2.62. The zero-order valence-corrected chi connectivity index (χ0v) is 13.1. The Hall–Kier alpha value is -1.82. The lowest BCUT2D eigenvalue weighted by Gasteiger charge is -2.04. The van der Waals surface area contributed by atoms with Crippen LogP contribution in [0.25, 0.3) is 0 Å². The van der Waals surface area contributed by atoms with E-state index in [1.165, 1.54) is 23.1 Å². The Kier molecular flexibility index (Phi) is 6.79. The van der Waals surface area contributed by atoms with Crippen LogP contribution < -0.4 is 0 Å². The number of allylic oxidation sites excluding steroid dienone is 6. The highest BCUT2D eigenvalue weighted by Crippen LogP contribution is 2.13. The second-order valence-electron chi connectivity index (χ2n) is 5.26. The molecule has 0 saturated heterocycles. The molecule has 0 aliphatic rings. The number of rotatable bonds is 7. The van der Waals surface area contributed by atoms with Gasteiger partial charge < -0.3 is 0 Å². The summed E-state index contributed by atoms with van der Waals surface area (Å²) in [5, 5.41) is 0. The first-order valence-corrected chi connectivity index (χ1v) is 7.32. The molecule has 0 spiro atoms. The average molecular weight is 266 g/mol. The first kappa shape index (κ1) is 16.2. The van der Waals surface area contributed by atoms with Crippen LogP contribution in [0, 0.1) is 0 Å².